The number of aliphatic hydroxyl groups excluding tert-OH is 1. The van der Waals surface area contributed by atoms with Crippen molar-refractivity contribution in [2.75, 3.05) is 26.4 Å². The summed E-state index contributed by atoms with van der Waals surface area (Å²) in [6.45, 7) is 4.17. The number of carboxylic acid groups (broad SMARTS) is 1. The van der Waals surface area contributed by atoms with E-state index in [1.54, 1.807) is 0 Å². The van der Waals surface area contributed by atoms with Gasteiger partial charge in [0, 0.05) is 25.6 Å². The molecule has 2 aliphatic rings. The minimum atomic E-state index is -0.832. The van der Waals surface area contributed by atoms with Crippen LogP contribution in [0.4, 0.5) is 0 Å². The van der Waals surface area contributed by atoms with Crippen LogP contribution in [-0.4, -0.2) is 61.3 Å². The Labute approximate surface area is 174 Å². The van der Waals surface area contributed by atoms with Crippen molar-refractivity contribution >= 4 is 5.97 Å². The first-order valence-corrected chi connectivity index (χ1v) is 11.1. The van der Waals surface area contributed by atoms with E-state index in [1.165, 1.54) is 0 Å². The quantitative estimate of drug-likeness (QED) is 0.255. The predicted octanol–water partition coefficient (Wildman–Crippen LogP) is 3.50. The van der Waals surface area contributed by atoms with Crippen molar-refractivity contribution in [1.29, 1.82) is 0 Å². The molecule has 0 aromatic heterocycles. The summed E-state index contributed by atoms with van der Waals surface area (Å²) in [6.07, 6.45) is 10.5. The van der Waals surface area contributed by atoms with Crippen molar-refractivity contribution < 1.29 is 34.0 Å². The number of allylic oxidation sites excluding steroid dienone is 2. The SMILES string of the molecule is CCOCCOC(O)[C@@H]1C[C@H](O[C@H]2CCCCO2)C[C@H]1C/C=C\CCCC(=O)O. The van der Waals surface area contributed by atoms with E-state index >= 15 is 0 Å². The molecule has 5 atom stereocenters. The molecule has 7 heteroatoms. The maximum atomic E-state index is 10.6. The molecule has 0 amide bonds. The lowest BCUT2D eigenvalue weighted by Gasteiger charge is -2.26. The molecule has 168 valence electrons. The lowest BCUT2D eigenvalue weighted by atomic mass is 9.92. The van der Waals surface area contributed by atoms with Crippen LogP contribution in [0.15, 0.2) is 12.2 Å². The lowest BCUT2D eigenvalue weighted by molar-refractivity contribution is -0.190. The Kier molecular flexibility index (Phi) is 11.8. The summed E-state index contributed by atoms with van der Waals surface area (Å²) >= 11 is 0. The third-order valence-electron chi connectivity index (χ3n) is 5.64. The number of ether oxygens (including phenoxy) is 4. The third-order valence-corrected chi connectivity index (χ3v) is 5.64. The number of hydrogen-bond donors (Lipinski definition) is 2. The van der Waals surface area contributed by atoms with Gasteiger partial charge in [-0.25, -0.2) is 0 Å². The second-order valence-electron chi connectivity index (χ2n) is 7.90. The summed E-state index contributed by atoms with van der Waals surface area (Å²) in [5.41, 5.74) is 0. The van der Waals surface area contributed by atoms with Gasteiger partial charge in [0.25, 0.3) is 0 Å². The summed E-state index contributed by atoms with van der Waals surface area (Å²) in [5.74, 6) is -0.484. The molecular weight excluding hydrogens is 376 g/mol. The number of rotatable bonds is 14. The highest BCUT2D eigenvalue weighted by Crippen LogP contribution is 2.40. The van der Waals surface area contributed by atoms with Crippen LogP contribution in [0.5, 0.6) is 0 Å². The van der Waals surface area contributed by atoms with Gasteiger partial charge >= 0.3 is 5.97 Å². The first kappa shape index (κ1) is 24.3. The van der Waals surface area contributed by atoms with Gasteiger partial charge in [0.2, 0.25) is 0 Å². The Morgan fingerprint density at radius 2 is 2.10 bits per heavy atom. The lowest BCUT2D eigenvalue weighted by Crippen LogP contribution is -2.29. The molecule has 1 unspecified atom stereocenters. The van der Waals surface area contributed by atoms with Crippen LogP contribution in [0.1, 0.15) is 64.7 Å². The van der Waals surface area contributed by atoms with Gasteiger partial charge in [-0.3, -0.25) is 4.79 Å². The van der Waals surface area contributed by atoms with E-state index in [4.69, 9.17) is 24.1 Å². The maximum absolute atomic E-state index is 10.6. The fourth-order valence-electron chi connectivity index (χ4n) is 4.12. The minimum absolute atomic E-state index is 0.00823. The van der Waals surface area contributed by atoms with Gasteiger partial charge in [-0.1, -0.05) is 12.2 Å². The molecule has 29 heavy (non-hydrogen) atoms. The smallest absolute Gasteiger partial charge is 0.303 e. The molecular formula is C22H38O7. The monoisotopic (exact) mass is 414 g/mol. The molecule has 1 aliphatic heterocycles. The van der Waals surface area contributed by atoms with Gasteiger partial charge in [0.05, 0.1) is 19.3 Å². The number of aliphatic carboxylic acids is 1. The molecule has 0 radical (unpaired) electrons. The molecule has 0 aromatic rings. The summed E-state index contributed by atoms with van der Waals surface area (Å²) in [6, 6.07) is 0. The summed E-state index contributed by atoms with van der Waals surface area (Å²) in [5, 5.41) is 19.3. The van der Waals surface area contributed by atoms with Gasteiger partial charge < -0.3 is 29.2 Å². The maximum Gasteiger partial charge on any atom is 0.303 e. The zero-order valence-corrected chi connectivity index (χ0v) is 17.7. The molecule has 2 fully saturated rings. The number of unbranched alkanes of at least 4 members (excludes halogenated alkanes) is 1. The Morgan fingerprint density at radius 1 is 1.24 bits per heavy atom. The molecule has 0 bridgehead atoms. The van der Waals surface area contributed by atoms with Crippen molar-refractivity contribution in [1.82, 2.24) is 0 Å². The average Bonchev–Trinajstić information content (AvgIpc) is 3.11. The highest BCUT2D eigenvalue weighted by atomic mass is 16.7. The normalized spacial score (nSPS) is 28.8. The number of carbonyl (C=O) groups is 1. The third kappa shape index (κ3) is 9.57. The highest BCUT2D eigenvalue weighted by molar-refractivity contribution is 5.66. The number of aliphatic hydroxyl groups is 1. The van der Waals surface area contributed by atoms with E-state index in [0.29, 0.717) is 26.2 Å². The Morgan fingerprint density at radius 3 is 2.83 bits per heavy atom. The summed E-state index contributed by atoms with van der Waals surface area (Å²) in [4.78, 5) is 10.6. The zero-order chi connectivity index (χ0) is 20.9. The number of carboxylic acids is 1. The van der Waals surface area contributed by atoms with Crippen molar-refractivity contribution in [2.45, 2.75) is 83.4 Å². The standard InChI is InChI=1S/C22H38O7/c1-2-26-13-14-28-22(25)19-16-18(29-21-11-7-8-12-27-21)15-17(19)9-5-3-4-6-10-20(23)24/h3,5,17-19,21-22,25H,2,4,6-16H2,1H3,(H,23,24)/b5-3-/t17-,18-,19-,21+,22?/m1/s1. The second-order valence-corrected chi connectivity index (χ2v) is 7.90. The Bertz CT molecular complexity index is 476. The molecule has 1 heterocycles. The topological polar surface area (TPSA) is 94.5 Å². The summed E-state index contributed by atoms with van der Waals surface area (Å²) < 4.78 is 22.8. The molecule has 0 spiro atoms. The minimum Gasteiger partial charge on any atom is -0.481 e. The van der Waals surface area contributed by atoms with Crippen LogP contribution < -0.4 is 0 Å². The summed E-state index contributed by atoms with van der Waals surface area (Å²) in [7, 11) is 0. The Hall–Kier alpha value is -0.990. The van der Waals surface area contributed by atoms with Crippen LogP contribution in [0, 0.1) is 11.8 Å². The van der Waals surface area contributed by atoms with Crippen molar-refractivity contribution in [3.05, 3.63) is 12.2 Å². The predicted molar refractivity (Wildman–Crippen MR) is 108 cm³/mol. The van der Waals surface area contributed by atoms with Gasteiger partial charge in [-0.15, -0.1) is 0 Å². The van der Waals surface area contributed by atoms with Crippen molar-refractivity contribution in [3.63, 3.8) is 0 Å². The van der Waals surface area contributed by atoms with Gasteiger partial charge in [-0.05, 0) is 64.2 Å². The average molecular weight is 415 g/mol. The molecule has 1 saturated heterocycles. The van der Waals surface area contributed by atoms with E-state index in [-0.39, 0.29) is 30.7 Å². The molecule has 0 aromatic carbocycles. The molecule has 7 nitrogen and oxygen atoms in total. The van der Waals surface area contributed by atoms with Crippen LogP contribution in [0.3, 0.4) is 0 Å². The van der Waals surface area contributed by atoms with E-state index in [2.05, 4.69) is 6.08 Å². The first-order valence-electron chi connectivity index (χ1n) is 11.1. The van der Waals surface area contributed by atoms with E-state index in [9.17, 15) is 9.90 Å². The van der Waals surface area contributed by atoms with Crippen LogP contribution in [0.2, 0.25) is 0 Å². The highest BCUT2D eigenvalue weighted by Gasteiger charge is 2.40. The van der Waals surface area contributed by atoms with Gasteiger partial charge in [-0.2, -0.15) is 0 Å². The van der Waals surface area contributed by atoms with E-state index in [1.807, 2.05) is 13.0 Å². The van der Waals surface area contributed by atoms with E-state index < -0.39 is 12.3 Å². The molecule has 1 aliphatic carbocycles. The van der Waals surface area contributed by atoms with Crippen LogP contribution in [0.25, 0.3) is 0 Å². The molecule has 2 rings (SSSR count). The van der Waals surface area contributed by atoms with Crippen LogP contribution in [-0.2, 0) is 23.7 Å². The zero-order valence-electron chi connectivity index (χ0n) is 17.7. The van der Waals surface area contributed by atoms with Gasteiger partial charge in [0.15, 0.2) is 12.6 Å². The van der Waals surface area contributed by atoms with Crippen molar-refractivity contribution in [2.24, 2.45) is 11.8 Å². The molecule has 1 saturated carbocycles. The van der Waals surface area contributed by atoms with E-state index in [0.717, 1.165) is 51.6 Å². The largest absolute Gasteiger partial charge is 0.481 e. The van der Waals surface area contributed by atoms with Crippen LogP contribution >= 0.6 is 0 Å². The fraction of sp³-hybridized carbons (Fsp3) is 0.864. The first-order chi connectivity index (χ1) is 14.1. The molecule has 2 N–H and O–H groups in total. The van der Waals surface area contributed by atoms with Gasteiger partial charge in [0.1, 0.15) is 0 Å². The Balaban J connectivity index is 1.82. The second kappa shape index (κ2) is 14.1. The number of hydrogen-bond acceptors (Lipinski definition) is 6. The van der Waals surface area contributed by atoms with Crippen molar-refractivity contribution in [3.8, 4) is 0 Å². The fourth-order valence-corrected chi connectivity index (χ4v) is 4.12.